The molecule has 1 rings (SSSR count). The molecule has 6 heteroatoms. The van der Waals surface area contributed by atoms with Crippen LogP contribution in [0.4, 0.5) is 22.0 Å². The summed E-state index contributed by atoms with van der Waals surface area (Å²) in [4.78, 5) is 11.7. The van der Waals surface area contributed by atoms with Crippen molar-refractivity contribution >= 4 is 5.78 Å². The quantitative estimate of drug-likeness (QED) is 0.535. The van der Waals surface area contributed by atoms with Crippen molar-refractivity contribution in [3.8, 4) is 0 Å². The van der Waals surface area contributed by atoms with E-state index in [-0.39, 0.29) is 12.0 Å². The van der Waals surface area contributed by atoms with Crippen LogP contribution >= 0.6 is 0 Å². The van der Waals surface area contributed by atoms with Gasteiger partial charge in [0.2, 0.25) is 5.78 Å². The number of ketones is 1. The molecule has 0 atom stereocenters. The molecule has 0 unspecified atom stereocenters. The number of carbonyl (C=O) groups is 1. The normalized spacial score (nSPS) is 12.5. The first-order valence-corrected chi connectivity index (χ1v) is 6.76. The molecule has 0 saturated carbocycles. The van der Waals surface area contributed by atoms with Gasteiger partial charge < -0.3 is 0 Å². The minimum atomic E-state index is -5.88. The Bertz CT molecular complexity index is 505. The van der Waals surface area contributed by atoms with Gasteiger partial charge in [-0.25, -0.2) is 0 Å². The third-order valence-corrected chi connectivity index (χ3v) is 3.12. The molecule has 21 heavy (non-hydrogen) atoms. The smallest absolute Gasteiger partial charge is 0.287 e. The van der Waals surface area contributed by atoms with E-state index in [2.05, 4.69) is 0 Å². The number of halogens is 5. The maximum absolute atomic E-state index is 13.3. The van der Waals surface area contributed by atoms with Gasteiger partial charge in [0.25, 0.3) is 0 Å². The number of alkyl halides is 5. The van der Waals surface area contributed by atoms with Crippen LogP contribution in [0, 0.1) is 0 Å². The number of rotatable bonds is 6. The molecule has 0 aliphatic heterocycles. The van der Waals surface area contributed by atoms with Gasteiger partial charge in [0, 0.05) is 5.56 Å². The third-order valence-electron chi connectivity index (χ3n) is 3.12. The van der Waals surface area contributed by atoms with E-state index < -0.39 is 23.4 Å². The Balaban J connectivity index is 3.31. The number of aryl methyl sites for hydroxylation is 2. The number of carbonyl (C=O) groups excluding carboxylic acids is 1. The Hall–Kier alpha value is -1.46. The highest BCUT2D eigenvalue weighted by atomic mass is 19.4. The predicted octanol–water partition coefficient (Wildman–Crippen LogP) is 4.97. The van der Waals surface area contributed by atoms with Gasteiger partial charge in [-0.1, -0.05) is 38.8 Å². The summed E-state index contributed by atoms with van der Waals surface area (Å²) in [5.74, 6) is -7.53. The van der Waals surface area contributed by atoms with E-state index in [0.717, 1.165) is 6.07 Å². The number of hydrogen-bond acceptors (Lipinski definition) is 1. The largest absolute Gasteiger partial charge is 0.461 e. The van der Waals surface area contributed by atoms with Crippen molar-refractivity contribution in [1.82, 2.24) is 0 Å². The minimum absolute atomic E-state index is 0.228. The highest BCUT2D eigenvalue weighted by Crippen LogP contribution is 2.38. The van der Waals surface area contributed by atoms with Crippen LogP contribution in [0.15, 0.2) is 18.2 Å². The van der Waals surface area contributed by atoms with Gasteiger partial charge in [-0.05, 0) is 30.0 Å². The van der Waals surface area contributed by atoms with Gasteiger partial charge in [-0.15, -0.1) is 0 Å². The van der Waals surface area contributed by atoms with Gasteiger partial charge in [0.1, 0.15) is 0 Å². The maximum atomic E-state index is 13.3. The van der Waals surface area contributed by atoms with E-state index in [1.807, 2.05) is 6.92 Å². The zero-order valence-corrected chi connectivity index (χ0v) is 11.9. The van der Waals surface area contributed by atoms with Crippen LogP contribution in [0.3, 0.4) is 0 Å². The Morgan fingerprint density at radius 1 is 1.00 bits per heavy atom. The van der Waals surface area contributed by atoms with Gasteiger partial charge in [0.05, 0.1) is 0 Å². The SMILES string of the molecule is CCCc1ccc(CCC)c(C(=O)C(F)(F)C(F)(F)F)c1. The molecule has 0 spiro atoms. The van der Waals surface area contributed by atoms with Crippen molar-refractivity contribution in [2.45, 2.75) is 51.6 Å². The molecule has 0 heterocycles. The van der Waals surface area contributed by atoms with E-state index in [9.17, 15) is 26.7 Å². The van der Waals surface area contributed by atoms with Gasteiger partial charge in [0.15, 0.2) is 0 Å². The molecule has 0 N–H and O–H groups in total. The van der Waals surface area contributed by atoms with Crippen LogP contribution < -0.4 is 0 Å². The molecule has 1 nitrogen and oxygen atoms in total. The lowest BCUT2D eigenvalue weighted by atomic mass is 9.93. The molecule has 0 fully saturated rings. The monoisotopic (exact) mass is 308 g/mol. The summed E-state index contributed by atoms with van der Waals surface area (Å²) in [5.41, 5.74) is 0.287. The first-order chi connectivity index (χ1) is 9.65. The summed E-state index contributed by atoms with van der Waals surface area (Å²) in [6, 6.07) is 4.29. The van der Waals surface area contributed by atoms with Crippen LogP contribution in [0.25, 0.3) is 0 Å². The van der Waals surface area contributed by atoms with Crippen molar-refractivity contribution in [2.24, 2.45) is 0 Å². The summed E-state index contributed by atoms with van der Waals surface area (Å²) in [5, 5.41) is 0. The molecular formula is C15H17F5O. The Morgan fingerprint density at radius 3 is 2.05 bits per heavy atom. The molecule has 0 saturated heterocycles. The van der Waals surface area contributed by atoms with E-state index in [1.165, 1.54) is 6.07 Å². The van der Waals surface area contributed by atoms with E-state index in [1.54, 1.807) is 13.0 Å². The fraction of sp³-hybridized carbons (Fsp3) is 0.533. The Labute approximate surface area is 120 Å². The zero-order chi connectivity index (χ0) is 16.3. The highest BCUT2D eigenvalue weighted by Gasteiger charge is 2.63. The standard InChI is InChI=1S/C15H17F5O/c1-3-5-10-7-8-11(6-4-2)12(9-10)13(21)14(16,17)15(18,19)20/h7-9H,3-6H2,1-2H3. The average Bonchev–Trinajstić information content (AvgIpc) is 2.39. The highest BCUT2D eigenvalue weighted by molar-refractivity contribution is 6.03. The molecule has 0 aliphatic rings. The zero-order valence-electron chi connectivity index (χ0n) is 11.9. The van der Waals surface area contributed by atoms with Crippen molar-refractivity contribution in [1.29, 1.82) is 0 Å². The Kier molecular flexibility index (Phi) is 5.48. The van der Waals surface area contributed by atoms with Gasteiger partial charge >= 0.3 is 12.1 Å². The first-order valence-electron chi connectivity index (χ1n) is 6.76. The average molecular weight is 308 g/mol. The molecule has 0 amide bonds. The maximum Gasteiger partial charge on any atom is 0.461 e. The molecule has 0 bridgehead atoms. The lowest BCUT2D eigenvalue weighted by molar-refractivity contribution is -0.255. The lowest BCUT2D eigenvalue weighted by Gasteiger charge is -2.20. The molecular weight excluding hydrogens is 291 g/mol. The van der Waals surface area contributed by atoms with E-state index >= 15 is 0 Å². The summed E-state index contributed by atoms with van der Waals surface area (Å²) in [7, 11) is 0. The third kappa shape index (κ3) is 3.80. The van der Waals surface area contributed by atoms with Crippen LogP contribution in [-0.2, 0) is 12.8 Å². The molecule has 118 valence electrons. The second kappa shape index (κ2) is 6.54. The summed E-state index contributed by atoms with van der Waals surface area (Å²) >= 11 is 0. The number of Topliss-reactive ketones (excluding diaryl/α,β-unsaturated/α-hetero) is 1. The fourth-order valence-corrected chi connectivity index (χ4v) is 2.06. The van der Waals surface area contributed by atoms with Crippen LogP contribution in [-0.4, -0.2) is 17.9 Å². The topological polar surface area (TPSA) is 17.1 Å². The number of hydrogen-bond donors (Lipinski definition) is 0. The lowest BCUT2D eigenvalue weighted by Crippen LogP contribution is -2.44. The molecule has 0 aliphatic carbocycles. The van der Waals surface area contributed by atoms with E-state index in [0.29, 0.717) is 24.8 Å². The van der Waals surface area contributed by atoms with Crippen molar-refractivity contribution in [3.05, 3.63) is 34.9 Å². The molecule has 0 aromatic heterocycles. The van der Waals surface area contributed by atoms with Crippen molar-refractivity contribution in [2.75, 3.05) is 0 Å². The summed E-state index contributed by atoms with van der Waals surface area (Å²) in [6.45, 7) is 3.61. The molecule has 1 aromatic rings. The summed E-state index contributed by atoms with van der Waals surface area (Å²) < 4.78 is 63.6. The molecule has 1 aromatic carbocycles. The predicted molar refractivity (Wildman–Crippen MR) is 69.8 cm³/mol. The minimum Gasteiger partial charge on any atom is -0.287 e. The fourth-order valence-electron chi connectivity index (χ4n) is 2.06. The van der Waals surface area contributed by atoms with Crippen LogP contribution in [0.2, 0.25) is 0 Å². The van der Waals surface area contributed by atoms with Gasteiger partial charge in [-0.2, -0.15) is 22.0 Å². The van der Waals surface area contributed by atoms with Crippen molar-refractivity contribution in [3.63, 3.8) is 0 Å². The van der Waals surface area contributed by atoms with Gasteiger partial charge in [-0.3, -0.25) is 4.79 Å². The second-order valence-corrected chi connectivity index (χ2v) is 4.89. The number of benzene rings is 1. The van der Waals surface area contributed by atoms with Crippen LogP contribution in [0.5, 0.6) is 0 Å². The second-order valence-electron chi connectivity index (χ2n) is 4.89. The van der Waals surface area contributed by atoms with Crippen LogP contribution in [0.1, 0.15) is 48.2 Å². The molecule has 0 radical (unpaired) electrons. The summed E-state index contributed by atoms with van der Waals surface area (Å²) in [6.07, 6.45) is -3.83. The Morgan fingerprint density at radius 2 is 1.57 bits per heavy atom. The first kappa shape index (κ1) is 17.6. The van der Waals surface area contributed by atoms with Crippen molar-refractivity contribution < 1.29 is 26.7 Å². The van der Waals surface area contributed by atoms with E-state index in [4.69, 9.17) is 0 Å².